The number of nitrogens with one attached hydrogen (secondary N) is 1. The molecule has 0 aromatic carbocycles. The molecular weight excluding hydrogens is 280 g/mol. The first kappa shape index (κ1) is 16.2. The highest BCUT2D eigenvalue weighted by atomic mass is 16.1. The number of carbonyl (C=O) groups excluding carboxylic acids is 1. The minimum absolute atomic E-state index is 0.00824. The fourth-order valence-corrected chi connectivity index (χ4v) is 2.50. The summed E-state index contributed by atoms with van der Waals surface area (Å²) in [5.41, 5.74) is 2.04. The van der Waals surface area contributed by atoms with Crippen molar-refractivity contribution in [3.05, 3.63) is 29.6 Å². The Morgan fingerprint density at radius 3 is 2.77 bits per heavy atom. The van der Waals surface area contributed by atoms with Crippen LogP contribution in [-0.2, 0) is 17.9 Å². The monoisotopic (exact) mass is 304 g/mol. The standard InChI is InChI=1S/C15H24N6O/c1-5-7-20-10-16-18-15(20)13(4)17-14(22)6-8-21-12(3)9-11(2)19-21/h9-10,13H,5-8H2,1-4H3,(H,17,22). The molecule has 0 radical (unpaired) electrons. The molecule has 2 heterocycles. The van der Waals surface area contributed by atoms with Gasteiger partial charge in [-0.2, -0.15) is 5.10 Å². The Morgan fingerprint density at radius 1 is 1.36 bits per heavy atom. The Balaban J connectivity index is 1.88. The summed E-state index contributed by atoms with van der Waals surface area (Å²) in [4.78, 5) is 12.1. The summed E-state index contributed by atoms with van der Waals surface area (Å²) < 4.78 is 3.84. The number of carbonyl (C=O) groups is 1. The largest absolute Gasteiger partial charge is 0.346 e. The van der Waals surface area contributed by atoms with Crippen LogP contribution in [0, 0.1) is 13.8 Å². The van der Waals surface area contributed by atoms with Crippen molar-refractivity contribution in [3.8, 4) is 0 Å². The molecule has 0 saturated carbocycles. The van der Waals surface area contributed by atoms with Gasteiger partial charge in [0.15, 0.2) is 5.82 Å². The molecular formula is C15H24N6O. The lowest BCUT2D eigenvalue weighted by Gasteiger charge is -2.14. The van der Waals surface area contributed by atoms with Gasteiger partial charge in [0, 0.05) is 25.2 Å². The third-order valence-corrected chi connectivity index (χ3v) is 3.53. The molecule has 1 N–H and O–H groups in total. The Morgan fingerprint density at radius 2 is 2.14 bits per heavy atom. The van der Waals surface area contributed by atoms with Crippen LogP contribution < -0.4 is 5.32 Å². The Hall–Kier alpha value is -2.18. The molecule has 0 fully saturated rings. The number of nitrogens with zero attached hydrogens (tertiary/aromatic N) is 5. The first-order chi connectivity index (χ1) is 10.5. The van der Waals surface area contributed by atoms with Crippen LogP contribution in [-0.4, -0.2) is 30.5 Å². The number of rotatable bonds is 7. The quantitative estimate of drug-likeness (QED) is 0.845. The van der Waals surface area contributed by atoms with Crippen LogP contribution in [0.15, 0.2) is 12.4 Å². The second-order valence-corrected chi connectivity index (χ2v) is 5.57. The zero-order valence-electron chi connectivity index (χ0n) is 13.7. The number of hydrogen-bond donors (Lipinski definition) is 1. The molecule has 7 nitrogen and oxygen atoms in total. The Bertz CT molecular complexity index is 630. The zero-order chi connectivity index (χ0) is 16.1. The molecule has 1 atom stereocenters. The summed E-state index contributed by atoms with van der Waals surface area (Å²) in [5.74, 6) is 0.785. The van der Waals surface area contributed by atoms with Gasteiger partial charge < -0.3 is 9.88 Å². The molecule has 0 saturated heterocycles. The Labute approximate surface area is 130 Å². The molecule has 0 spiro atoms. The molecule has 7 heteroatoms. The first-order valence-electron chi connectivity index (χ1n) is 7.69. The van der Waals surface area contributed by atoms with Gasteiger partial charge in [0.1, 0.15) is 6.33 Å². The first-order valence-corrected chi connectivity index (χ1v) is 7.69. The van der Waals surface area contributed by atoms with Crippen molar-refractivity contribution < 1.29 is 4.79 Å². The molecule has 0 bridgehead atoms. The van der Waals surface area contributed by atoms with Crippen molar-refractivity contribution in [1.29, 1.82) is 0 Å². The second-order valence-electron chi connectivity index (χ2n) is 5.57. The van der Waals surface area contributed by atoms with E-state index in [2.05, 4.69) is 27.5 Å². The SMILES string of the molecule is CCCn1cnnc1C(C)NC(=O)CCn1nc(C)cc1C. The van der Waals surface area contributed by atoms with E-state index in [-0.39, 0.29) is 11.9 Å². The van der Waals surface area contributed by atoms with Crippen molar-refractivity contribution in [1.82, 2.24) is 29.9 Å². The van der Waals surface area contributed by atoms with Gasteiger partial charge in [-0.1, -0.05) is 6.92 Å². The average molecular weight is 304 g/mol. The van der Waals surface area contributed by atoms with Gasteiger partial charge >= 0.3 is 0 Å². The van der Waals surface area contributed by atoms with Crippen molar-refractivity contribution in [2.24, 2.45) is 0 Å². The fraction of sp³-hybridized carbons (Fsp3) is 0.600. The maximum Gasteiger partial charge on any atom is 0.222 e. The highest BCUT2D eigenvalue weighted by Gasteiger charge is 2.15. The predicted octanol–water partition coefficient (Wildman–Crippen LogP) is 1.77. The van der Waals surface area contributed by atoms with E-state index in [0.717, 1.165) is 30.2 Å². The zero-order valence-corrected chi connectivity index (χ0v) is 13.7. The summed E-state index contributed by atoms with van der Waals surface area (Å²) >= 11 is 0. The summed E-state index contributed by atoms with van der Waals surface area (Å²) in [6.45, 7) is 9.41. The average Bonchev–Trinajstić information content (AvgIpc) is 3.03. The van der Waals surface area contributed by atoms with E-state index in [1.165, 1.54) is 0 Å². The molecule has 120 valence electrons. The van der Waals surface area contributed by atoms with Gasteiger partial charge in [-0.15, -0.1) is 10.2 Å². The van der Waals surface area contributed by atoms with Crippen LogP contribution in [0.4, 0.5) is 0 Å². The van der Waals surface area contributed by atoms with E-state index in [9.17, 15) is 4.79 Å². The van der Waals surface area contributed by atoms with Crippen LogP contribution >= 0.6 is 0 Å². The third-order valence-electron chi connectivity index (χ3n) is 3.53. The van der Waals surface area contributed by atoms with E-state index in [4.69, 9.17) is 0 Å². The number of aromatic nitrogens is 5. The fourth-order valence-electron chi connectivity index (χ4n) is 2.50. The van der Waals surface area contributed by atoms with Crippen molar-refractivity contribution >= 4 is 5.91 Å². The normalized spacial score (nSPS) is 12.4. The molecule has 1 unspecified atom stereocenters. The lowest BCUT2D eigenvalue weighted by atomic mass is 10.2. The minimum atomic E-state index is -0.151. The number of amides is 1. The molecule has 22 heavy (non-hydrogen) atoms. The van der Waals surface area contributed by atoms with Gasteiger partial charge in [0.05, 0.1) is 11.7 Å². The highest BCUT2D eigenvalue weighted by molar-refractivity contribution is 5.76. The summed E-state index contributed by atoms with van der Waals surface area (Å²) in [5, 5.41) is 15.4. The van der Waals surface area contributed by atoms with Crippen molar-refractivity contribution in [2.75, 3.05) is 0 Å². The minimum Gasteiger partial charge on any atom is -0.346 e. The van der Waals surface area contributed by atoms with E-state index in [0.29, 0.717) is 13.0 Å². The van der Waals surface area contributed by atoms with Crippen LogP contribution in [0.25, 0.3) is 0 Å². The van der Waals surface area contributed by atoms with Gasteiger partial charge in [-0.05, 0) is 33.3 Å². The van der Waals surface area contributed by atoms with Gasteiger partial charge in [0.2, 0.25) is 5.91 Å². The van der Waals surface area contributed by atoms with Crippen LogP contribution in [0.3, 0.4) is 0 Å². The lowest BCUT2D eigenvalue weighted by molar-refractivity contribution is -0.122. The molecule has 0 aliphatic rings. The van der Waals surface area contributed by atoms with Crippen LogP contribution in [0.2, 0.25) is 0 Å². The second kappa shape index (κ2) is 7.20. The topological polar surface area (TPSA) is 77.6 Å². The molecule has 0 aliphatic carbocycles. The predicted molar refractivity (Wildman–Crippen MR) is 83.2 cm³/mol. The highest BCUT2D eigenvalue weighted by Crippen LogP contribution is 2.10. The molecule has 2 aromatic heterocycles. The van der Waals surface area contributed by atoms with Gasteiger partial charge in [-0.25, -0.2) is 0 Å². The maximum atomic E-state index is 12.1. The third kappa shape index (κ3) is 3.93. The molecule has 2 rings (SSSR count). The van der Waals surface area contributed by atoms with Crippen LogP contribution in [0.5, 0.6) is 0 Å². The smallest absolute Gasteiger partial charge is 0.222 e. The van der Waals surface area contributed by atoms with E-state index < -0.39 is 0 Å². The Kier molecular flexibility index (Phi) is 5.30. The summed E-state index contributed by atoms with van der Waals surface area (Å²) in [6, 6.07) is 1.86. The number of aryl methyl sites for hydroxylation is 4. The maximum absolute atomic E-state index is 12.1. The molecule has 2 aromatic rings. The van der Waals surface area contributed by atoms with E-state index >= 15 is 0 Å². The molecule has 0 aliphatic heterocycles. The lowest BCUT2D eigenvalue weighted by Crippen LogP contribution is -2.29. The summed E-state index contributed by atoms with van der Waals surface area (Å²) in [6.07, 6.45) is 3.11. The van der Waals surface area contributed by atoms with Gasteiger partial charge in [-0.3, -0.25) is 9.48 Å². The van der Waals surface area contributed by atoms with Crippen molar-refractivity contribution in [2.45, 2.75) is 59.7 Å². The van der Waals surface area contributed by atoms with Crippen molar-refractivity contribution in [3.63, 3.8) is 0 Å². The van der Waals surface area contributed by atoms with E-state index in [1.54, 1.807) is 6.33 Å². The summed E-state index contributed by atoms with van der Waals surface area (Å²) in [7, 11) is 0. The van der Waals surface area contributed by atoms with Gasteiger partial charge in [0.25, 0.3) is 0 Å². The molecule has 1 amide bonds. The van der Waals surface area contributed by atoms with Crippen LogP contribution in [0.1, 0.15) is 49.9 Å². The number of hydrogen-bond acceptors (Lipinski definition) is 4. The van der Waals surface area contributed by atoms with E-state index in [1.807, 2.05) is 36.1 Å².